The molecule has 0 aromatic heterocycles. The number of nitro benzene ring substituents is 1. The zero-order valence-corrected chi connectivity index (χ0v) is 10.9. The van der Waals surface area contributed by atoms with Crippen molar-refractivity contribution in [3.8, 4) is 5.75 Å². The lowest BCUT2D eigenvalue weighted by atomic mass is 10.1. The third-order valence-electron chi connectivity index (χ3n) is 2.74. The number of amides is 1. The standard InChI is InChI=1S/C13H18N2O4/c1-2-3-4-5-8-14-13(17)11-9-10(16)6-7-12(11)15(18)19/h6-7,9,16H,2-5,8H2,1H3,(H,14,17). The second kappa shape index (κ2) is 7.35. The van der Waals surface area contributed by atoms with Crippen molar-refractivity contribution in [1.82, 2.24) is 5.32 Å². The Morgan fingerprint density at radius 2 is 2.11 bits per heavy atom. The van der Waals surface area contributed by atoms with Gasteiger partial charge in [0.1, 0.15) is 11.3 Å². The Balaban J connectivity index is 2.65. The first-order valence-corrected chi connectivity index (χ1v) is 6.32. The number of phenols is 1. The molecule has 1 aromatic carbocycles. The summed E-state index contributed by atoms with van der Waals surface area (Å²) < 4.78 is 0. The molecule has 0 saturated heterocycles. The number of aromatic hydroxyl groups is 1. The van der Waals surface area contributed by atoms with E-state index in [-0.39, 0.29) is 17.0 Å². The van der Waals surface area contributed by atoms with Crippen molar-refractivity contribution >= 4 is 11.6 Å². The molecule has 6 nitrogen and oxygen atoms in total. The van der Waals surface area contributed by atoms with Crippen LogP contribution in [0.25, 0.3) is 0 Å². The maximum absolute atomic E-state index is 11.8. The average Bonchev–Trinajstić information content (AvgIpc) is 2.37. The Morgan fingerprint density at radius 3 is 2.74 bits per heavy atom. The summed E-state index contributed by atoms with van der Waals surface area (Å²) in [4.78, 5) is 22.0. The lowest BCUT2D eigenvalue weighted by Crippen LogP contribution is -2.25. The Morgan fingerprint density at radius 1 is 1.37 bits per heavy atom. The topological polar surface area (TPSA) is 92.5 Å². The van der Waals surface area contributed by atoms with E-state index in [1.165, 1.54) is 6.07 Å². The lowest BCUT2D eigenvalue weighted by molar-refractivity contribution is -0.385. The van der Waals surface area contributed by atoms with Crippen LogP contribution in [-0.4, -0.2) is 22.5 Å². The largest absolute Gasteiger partial charge is 0.508 e. The van der Waals surface area contributed by atoms with Crippen molar-refractivity contribution < 1.29 is 14.8 Å². The average molecular weight is 266 g/mol. The van der Waals surface area contributed by atoms with Gasteiger partial charge in [-0.15, -0.1) is 0 Å². The van der Waals surface area contributed by atoms with Crippen LogP contribution in [-0.2, 0) is 0 Å². The number of nitrogens with zero attached hydrogens (tertiary/aromatic N) is 1. The molecule has 1 aromatic rings. The number of hydrogen-bond donors (Lipinski definition) is 2. The summed E-state index contributed by atoms with van der Waals surface area (Å²) in [6.07, 6.45) is 4.05. The first-order valence-electron chi connectivity index (χ1n) is 6.32. The van der Waals surface area contributed by atoms with Gasteiger partial charge in [-0.25, -0.2) is 0 Å². The van der Waals surface area contributed by atoms with Gasteiger partial charge in [0.25, 0.3) is 11.6 Å². The van der Waals surface area contributed by atoms with Gasteiger partial charge in [-0.05, 0) is 18.6 Å². The highest BCUT2D eigenvalue weighted by Gasteiger charge is 2.20. The van der Waals surface area contributed by atoms with Crippen LogP contribution in [0.2, 0.25) is 0 Å². The van der Waals surface area contributed by atoms with Crippen LogP contribution in [0.15, 0.2) is 18.2 Å². The molecule has 19 heavy (non-hydrogen) atoms. The fourth-order valence-corrected chi connectivity index (χ4v) is 1.71. The summed E-state index contributed by atoms with van der Waals surface area (Å²) in [6.45, 7) is 2.57. The van der Waals surface area contributed by atoms with E-state index in [1.54, 1.807) is 0 Å². The molecule has 0 aliphatic carbocycles. The van der Waals surface area contributed by atoms with E-state index in [2.05, 4.69) is 12.2 Å². The number of phenolic OH excluding ortho intramolecular Hbond substituents is 1. The molecular weight excluding hydrogens is 248 g/mol. The van der Waals surface area contributed by atoms with Crippen LogP contribution in [0.1, 0.15) is 43.0 Å². The number of unbranched alkanes of at least 4 members (excludes halogenated alkanes) is 3. The van der Waals surface area contributed by atoms with Crippen molar-refractivity contribution in [3.05, 3.63) is 33.9 Å². The molecule has 6 heteroatoms. The van der Waals surface area contributed by atoms with Gasteiger partial charge < -0.3 is 10.4 Å². The fraction of sp³-hybridized carbons (Fsp3) is 0.462. The molecule has 1 rings (SSSR count). The molecule has 0 fully saturated rings. The first-order chi connectivity index (χ1) is 9.06. The van der Waals surface area contributed by atoms with Crippen LogP contribution >= 0.6 is 0 Å². The van der Waals surface area contributed by atoms with Crippen LogP contribution in [0.5, 0.6) is 5.75 Å². The van der Waals surface area contributed by atoms with E-state index in [0.29, 0.717) is 6.54 Å². The normalized spacial score (nSPS) is 10.2. The summed E-state index contributed by atoms with van der Waals surface area (Å²) in [5, 5.41) is 22.7. The highest BCUT2D eigenvalue weighted by Crippen LogP contribution is 2.23. The minimum atomic E-state index is -0.633. The highest BCUT2D eigenvalue weighted by atomic mass is 16.6. The zero-order valence-electron chi connectivity index (χ0n) is 10.9. The molecule has 0 unspecified atom stereocenters. The van der Waals surface area contributed by atoms with Crippen molar-refractivity contribution in [2.45, 2.75) is 32.6 Å². The smallest absolute Gasteiger partial charge is 0.282 e. The number of hydrogen-bond acceptors (Lipinski definition) is 4. The number of benzene rings is 1. The Labute approximate surface area is 111 Å². The number of rotatable bonds is 7. The van der Waals surface area contributed by atoms with Crippen molar-refractivity contribution in [1.29, 1.82) is 0 Å². The summed E-state index contributed by atoms with van der Waals surface area (Å²) in [6, 6.07) is 3.43. The molecule has 104 valence electrons. The van der Waals surface area contributed by atoms with Gasteiger partial charge >= 0.3 is 0 Å². The van der Waals surface area contributed by atoms with Crippen molar-refractivity contribution in [2.24, 2.45) is 0 Å². The first kappa shape index (κ1) is 14.9. The molecular formula is C13H18N2O4. The molecule has 0 bridgehead atoms. The molecule has 0 atom stereocenters. The van der Waals surface area contributed by atoms with E-state index in [9.17, 15) is 20.0 Å². The summed E-state index contributed by atoms with van der Waals surface area (Å²) in [5.41, 5.74) is -0.413. The highest BCUT2D eigenvalue weighted by molar-refractivity contribution is 5.98. The van der Waals surface area contributed by atoms with Crippen molar-refractivity contribution in [3.63, 3.8) is 0 Å². The van der Waals surface area contributed by atoms with E-state index < -0.39 is 10.8 Å². The Bertz CT molecular complexity index is 460. The third kappa shape index (κ3) is 4.57. The maximum atomic E-state index is 11.8. The van der Waals surface area contributed by atoms with Gasteiger partial charge in [0.2, 0.25) is 0 Å². The van der Waals surface area contributed by atoms with Gasteiger partial charge in [-0.2, -0.15) is 0 Å². The molecule has 0 saturated carbocycles. The summed E-state index contributed by atoms with van der Waals surface area (Å²) in [5.74, 6) is -0.694. The van der Waals surface area contributed by atoms with E-state index in [4.69, 9.17) is 0 Å². The van der Waals surface area contributed by atoms with Gasteiger partial charge in [0.05, 0.1) is 4.92 Å². The van der Waals surface area contributed by atoms with Gasteiger partial charge in [0, 0.05) is 12.6 Å². The number of carbonyl (C=O) groups excluding carboxylic acids is 1. The zero-order chi connectivity index (χ0) is 14.3. The third-order valence-corrected chi connectivity index (χ3v) is 2.74. The van der Waals surface area contributed by atoms with Crippen LogP contribution in [0.4, 0.5) is 5.69 Å². The van der Waals surface area contributed by atoms with Crippen molar-refractivity contribution in [2.75, 3.05) is 6.54 Å². The van der Waals surface area contributed by atoms with Crippen LogP contribution in [0.3, 0.4) is 0 Å². The van der Waals surface area contributed by atoms with Crippen LogP contribution < -0.4 is 5.32 Å². The van der Waals surface area contributed by atoms with E-state index in [1.807, 2.05) is 0 Å². The predicted molar refractivity (Wildman–Crippen MR) is 71.2 cm³/mol. The van der Waals surface area contributed by atoms with Gasteiger partial charge in [-0.1, -0.05) is 26.2 Å². The second-order valence-electron chi connectivity index (χ2n) is 4.28. The number of nitrogens with one attached hydrogen (secondary N) is 1. The van der Waals surface area contributed by atoms with E-state index >= 15 is 0 Å². The SMILES string of the molecule is CCCCCCNC(=O)c1cc(O)ccc1[N+](=O)[O-]. The Kier molecular flexibility index (Phi) is 5.78. The monoisotopic (exact) mass is 266 g/mol. The summed E-state index contributed by atoms with van der Waals surface area (Å²) in [7, 11) is 0. The molecule has 0 aliphatic heterocycles. The molecule has 0 heterocycles. The molecule has 2 N–H and O–H groups in total. The van der Waals surface area contributed by atoms with Gasteiger partial charge in [0.15, 0.2) is 0 Å². The van der Waals surface area contributed by atoms with E-state index in [0.717, 1.165) is 37.8 Å². The minimum absolute atomic E-state index is 0.111. The molecule has 0 spiro atoms. The number of nitro groups is 1. The fourth-order valence-electron chi connectivity index (χ4n) is 1.71. The quantitative estimate of drug-likeness (QED) is 0.450. The molecule has 0 aliphatic rings. The Hall–Kier alpha value is -2.11. The van der Waals surface area contributed by atoms with Gasteiger partial charge in [-0.3, -0.25) is 14.9 Å². The minimum Gasteiger partial charge on any atom is -0.508 e. The summed E-state index contributed by atoms with van der Waals surface area (Å²) >= 11 is 0. The molecule has 0 radical (unpaired) electrons. The molecule has 1 amide bonds. The van der Waals surface area contributed by atoms with Crippen LogP contribution in [0, 0.1) is 10.1 Å². The maximum Gasteiger partial charge on any atom is 0.282 e. The second-order valence-corrected chi connectivity index (χ2v) is 4.28. The number of carbonyl (C=O) groups is 1. The predicted octanol–water partition coefficient (Wildman–Crippen LogP) is 2.61. The lowest BCUT2D eigenvalue weighted by Gasteiger charge is -2.06.